The van der Waals surface area contributed by atoms with Gasteiger partial charge in [-0.1, -0.05) is 0 Å². The zero-order chi connectivity index (χ0) is 12.6. The van der Waals surface area contributed by atoms with E-state index in [-0.39, 0.29) is 24.3 Å². The van der Waals surface area contributed by atoms with Gasteiger partial charge in [0, 0.05) is 21.7 Å². The molecule has 1 heterocycles. The maximum Gasteiger partial charge on any atom is 0.228 e. The highest BCUT2D eigenvalue weighted by Gasteiger charge is 2.40. The van der Waals surface area contributed by atoms with Crippen LogP contribution in [0.2, 0.25) is 0 Å². The Bertz CT molecular complexity index is 458. The number of hydrogen-bond acceptors (Lipinski definition) is 2. The third kappa shape index (κ3) is 2.29. The summed E-state index contributed by atoms with van der Waals surface area (Å²) in [6, 6.07) is 7.49. The summed E-state index contributed by atoms with van der Waals surface area (Å²) in [6.45, 7) is 1.86. The molecule has 2 amide bonds. The van der Waals surface area contributed by atoms with Gasteiger partial charge in [-0.15, -0.1) is 0 Å². The molecule has 0 saturated carbocycles. The van der Waals surface area contributed by atoms with Crippen molar-refractivity contribution in [2.75, 3.05) is 4.90 Å². The average Bonchev–Trinajstić information content (AvgIpc) is 2.56. The largest absolute Gasteiger partial charge is 0.369 e. The minimum Gasteiger partial charge on any atom is -0.369 e. The number of benzene rings is 1. The maximum atomic E-state index is 11.9. The van der Waals surface area contributed by atoms with E-state index >= 15 is 0 Å². The van der Waals surface area contributed by atoms with E-state index in [4.69, 9.17) is 5.73 Å². The van der Waals surface area contributed by atoms with Gasteiger partial charge in [-0.3, -0.25) is 9.59 Å². The molecule has 17 heavy (non-hydrogen) atoms. The Kier molecular flexibility index (Phi) is 3.37. The van der Waals surface area contributed by atoms with Crippen LogP contribution in [-0.2, 0) is 9.59 Å². The highest BCUT2D eigenvalue weighted by molar-refractivity contribution is 14.1. The first-order valence-corrected chi connectivity index (χ1v) is 6.45. The number of amides is 2. The predicted octanol–water partition coefficient (Wildman–Crippen LogP) is 1.52. The number of nitrogens with two attached hydrogens (primary N) is 1. The molecule has 1 aliphatic rings. The Morgan fingerprint density at radius 1 is 1.41 bits per heavy atom. The quantitative estimate of drug-likeness (QED) is 0.827. The Morgan fingerprint density at radius 2 is 2.00 bits per heavy atom. The van der Waals surface area contributed by atoms with Crippen molar-refractivity contribution in [3.8, 4) is 0 Å². The molecule has 0 spiro atoms. The summed E-state index contributed by atoms with van der Waals surface area (Å²) in [7, 11) is 0. The first-order chi connectivity index (χ1) is 8.00. The number of primary amides is 1. The molecule has 1 fully saturated rings. The van der Waals surface area contributed by atoms with Crippen LogP contribution in [0.5, 0.6) is 0 Å². The number of hydrogen-bond donors (Lipinski definition) is 1. The summed E-state index contributed by atoms with van der Waals surface area (Å²) in [6.07, 6.45) is 0.211. The number of carbonyl (C=O) groups is 2. The van der Waals surface area contributed by atoms with E-state index < -0.39 is 5.91 Å². The molecule has 2 N–H and O–H groups in total. The van der Waals surface area contributed by atoms with Crippen LogP contribution in [0.1, 0.15) is 13.3 Å². The highest BCUT2D eigenvalue weighted by atomic mass is 127. The van der Waals surface area contributed by atoms with Gasteiger partial charge in [0.05, 0.1) is 5.92 Å². The molecule has 1 aromatic carbocycles. The molecule has 2 atom stereocenters. The standard InChI is InChI=1S/C12H13IN2O2/c1-7-10(12(14)17)6-11(16)15(7)9-4-2-8(13)3-5-9/h2-5,7,10H,6H2,1H3,(H2,14,17). The van der Waals surface area contributed by atoms with Crippen LogP contribution in [0, 0.1) is 9.49 Å². The van der Waals surface area contributed by atoms with Gasteiger partial charge in [-0.25, -0.2) is 0 Å². The molecular formula is C12H13IN2O2. The third-order valence-electron chi connectivity index (χ3n) is 3.12. The van der Waals surface area contributed by atoms with Crippen molar-refractivity contribution < 1.29 is 9.59 Å². The fraction of sp³-hybridized carbons (Fsp3) is 0.333. The summed E-state index contributed by atoms with van der Waals surface area (Å²) >= 11 is 2.21. The Balaban J connectivity index is 2.30. The minimum absolute atomic E-state index is 0.0393. The molecule has 2 unspecified atom stereocenters. The second-order valence-electron chi connectivity index (χ2n) is 4.19. The summed E-state index contributed by atoms with van der Waals surface area (Å²) in [5.74, 6) is -0.830. The fourth-order valence-corrected chi connectivity index (χ4v) is 2.54. The third-order valence-corrected chi connectivity index (χ3v) is 3.84. The van der Waals surface area contributed by atoms with Gasteiger partial charge in [0.2, 0.25) is 11.8 Å². The second-order valence-corrected chi connectivity index (χ2v) is 5.44. The molecule has 5 heteroatoms. The van der Waals surface area contributed by atoms with Crippen LogP contribution in [-0.4, -0.2) is 17.9 Å². The van der Waals surface area contributed by atoms with Crippen molar-refractivity contribution >= 4 is 40.1 Å². The first-order valence-electron chi connectivity index (χ1n) is 5.37. The van der Waals surface area contributed by atoms with Crippen LogP contribution < -0.4 is 10.6 Å². The molecule has 1 aromatic rings. The molecule has 0 bridgehead atoms. The van der Waals surface area contributed by atoms with E-state index in [2.05, 4.69) is 22.6 Å². The zero-order valence-corrected chi connectivity index (χ0v) is 11.5. The molecule has 1 aliphatic heterocycles. The molecule has 2 rings (SSSR count). The predicted molar refractivity (Wildman–Crippen MR) is 73.4 cm³/mol. The molecule has 0 aliphatic carbocycles. The van der Waals surface area contributed by atoms with Gasteiger partial charge in [0.25, 0.3) is 0 Å². The van der Waals surface area contributed by atoms with E-state index in [9.17, 15) is 9.59 Å². The van der Waals surface area contributed by atoms with Gasteiger partial charge in [0.15, 0.2) is 0 Å². The smallest absolute Gasteiger partial charge is 0.228 e. The van der Waals surface area contributed by atoms with Crippen molar-refractivity contribution in [3.05, 3.63) is 27.8 Å². The molecule has 4 nitrogen and oxygen atoms in total. The molecule has 90 valence electrons. The number of halogens is 1. The molecule has 0 aromatic heterocycles. The lowest BCUT2D eigenvalue weighted by Crippen LogP contribution is -2.37. The van der Waals surface area contributed by atoms with E-state index in [1.807, 2.05) is 31.2 Å². The van der Waals surface area contributed by atoms with E-state index in [1.165, 1.54) is 0 Å². The van der Waals surface area contributed by atoms with Gasteiger partial charge >= 0.3 is 0 Å². The van der Waals surface area contributed by atoms with Crippen LogP contribution in [0.15, 0.2) is 24.3 Å². The lowest BCUT2D eigenvalue weighted by molar-refractivity contribution is -0.124. The molecule has 1 saturated heterocycles. The van der Waals surface area contributed by atoms with E-state index in [1.54, 1.807) is 4.90 Å². The van der Waals surface area contributed by atoms with Gasteiger partial charge in [0.1, 0.15) is 0 Å². The van der Waals surface area contributed by atoms with Crippen LogP contribution in [0.4, 0.5) is 5.69 Å². The number of nitrogens with zero attached hydrogens (tertiary/aromatic N) is 1. The summed E-state index contributed by atoms with van der Waals surface area (Å²) < 4.78 is 1.11. The summed E-state index contributed by atoms with van der Waals surface area (Å²) in [5.41, 5.74) is 6.12. The van der Waals surface area contributed by atoms with Crippen LogP contribution in [0.25, 0.3) is 0 Å². The zero-order valence-electron chi connectivity index (χ0n) is 9.39. The fourth-order valence-electron chi connectivity index (χ4n) is 2.18. The van der Waals surface area contributed by atoms with Crippen molar-refractivity contribution in [2.24, 2.45) is 11.7 Å². The van der Waals surface area contributed by atoms with E-state index in [0.29, 0.717) is 0 Å². The van der Waals surface area contributed by atoms with Gasteiger partial charge in [-0.2, -0.15) is 0 Å². The van der Waals surface area contributed by atoms with Gasteiger partial charge in [-0.05, 0) is 53.8 Å². The normalized spacial score (nSPS) is 24.1. The molecule has 0 radical (unpaired) electrons. The topological polar surface area (TPSA) is 63.4 Å². The number of anilines is 1. The highest BCUT2D eigenvalue weighted by Crippen LogP contribution is 2.30. The van der Waals surface area contributed by atoms with E-state index in [0.717, 1.165) is 9.26 Å². The summed E-state index contributed by atoms with van der Waals surface area (Å²) in [5, 5.41) is 0. The SMILES string of the molecule is CC1C(C(N)=O)CC(=O)N1c1ccc(I)cc1. The Hall–Kier alpha value is -1.11. The van der Waals surface area contributed by atoms with Gasteiger partial charge < -0.3 is 10.6 Å². The number of carbonyl (C=O) groups excluding carboxylic acids is 2. The average molecular weight is 344 g/mol. The summed E-state index contributed by atoms with van der Waals surface area (Å²) in [4.78, 5) is 24.8. The van der Waals surface area contributed by atoms with Crippen molar-refractivity contribution in [1.82, 2.24) is 0 Å². The number of rotatable bonds is 2. The maximum absolute atomic E-state index is 11.9. The van der Waals surface area contributed by atoms with Crippen LogP contribution in [0.3, 0.4) is 0 Å². The second kappa shape index (κ2) is 4.64. The first kappa shape index (κ1) is 12.3. The minimum atomic E-state index is -0.404. The monoisotopic (exact) mass is 344 g/mol. The Morgan fingerprint density at radius 3 is 2.47 bits per heavy atom. The lowest BCUT2D eigenvalue weighted by Gasteiger charge is -2.23. The molecular weight excluding hydrogens is 331 g/mol. The Labute approximate surface area is 113 Å². The van der Waals surface area contributed by atoms with Crippen molar-refractivity contribution in [1.29, 1.82) is 0 Å². The lowest BCUT2D eigenvalue weighted by atomic mass is 10.0. The van der Waals surface area contributed by atoms with Crippen molar-refractivity contribution in [3.63, 3.8) is 0 Å². The van der Waals surface area contributed by atoms with Crippen LogP contribution >= 0.6 is 22.6 Å². The van der Waals surface area contributed by atoms with Crippen molar-refractivity contribution in [2.45, 2.75) is 19.4 Å².